The Morgan fingerprint density at radius 3 is 1.43 bits per heavy atom. The number of aryl methyl sites for hydroxylation is 4. The molecular weight excluding hydrogens is 1540 g/mol. The summed E-state index contributed by atoms with van der Waals surface area (Å²) in [7, 11) is -5.70. The zero-order chi connectivity index (χ0) is 82.7. The van der Waals surface area contributed by atoms with Gasteiger partial charge < -0.3 is 87.9 Å². The van der Waals surface area contributed by atoms with Crippen LogP contribution in [0, 0.1) is 30.3 Å². The summed E-state index contributed by atoms with van der Waals surface area (Å²) >= 11 is 0. The Labute approximate surface area is 646 Å². The number of ether oxygens (including phenoxy) is 3. The number of amides is 7. The molecule has 16 rings (SSSR count). The second kappa shape index (κ2) is 35.4. The molecule has 8 aliphatic rings. The quantitative estimate of drug-likeness (QED) is 0.0272. The van der Waals surface area contributed by atoms with Crippen molar-refractivity contribution >= 4 is 102 Å². The lowest BCUT2D eigenvalue weighted by Crippen LogP contribution is -2.35. The van der Waals surface area contributed by atoms with E-state index in [-0.39, 0.29) is 86.9 Å². The van der Waals surface area contributed by atoms with Crippen LogP contribution in [0.1, 0.15) is 154 Å². The zero-order valence-corrected chi connectivity index (χ0v) is 63.7. The van der Waals surface area contributed by atoms with Crippen molar-refractivity contribution in [3.05, 3.63) is 158 Å². The van der Waals surface area contributed by atoms with E-state index in [9.17, 15) is 85.5 Å². The van der Waals surface area contributed by atoms with E-state index in [1.165, 1.54) is 111 Å². The van der Waals surface area contributed by atoms with Crippen LogP contribution in [0.4, 0.5) is 44.2 Å². The van der Waals surface area contributed by atoms with Crippen LogP contribution in [0.3, 0.4) is 0 Å². The Balaban J connectivity index is 0.000000145. The number of H-pyrrole nitrogens is 1. The molecule has 14 N–H and O–H groups in total. The van der Waals surface area contributed by atoms with Crippen molar-refractivity contribution in [3.8, 4) is 0 Å². The average molecular weight is 1620 g/mol. The number of fused-ring (bicyclic) bond motifs is 8. The number of aromatic amines is 1. The first-order valence-corrected chi connectivity index (χ1v) is 38.4. The molecule has 0 atom stereocenters. The van der Waals surface area contributed by atoms with Crippen LogP contribution in [0.25, 0.3) is 0 Å². The van der Waals surface area contributed by atoms with Gasteiger partial charge in [-0.2, -0.15) is 33.1 Å². The first kappa shape index (κ1) is 83.2. The van der Waals surface area contributed by atoms with Crippen molar-refractivity contribution in [1.82, 2.24) is 90.4 Å². The lowest BCUT2D eigenvalue weighted by molar-refractivity contribution is -0.390. The number of hydrogen-bond acceptors (Lipinski definition) is 29. The van der Waals surface area contributed by atoms with Crippen LogP contribution < -0.4 is 53.2 Å². The monoisotopic (exact) mass is 1620 g/mol. The van der Waals surface area contributed by atoms with Crippen molar-refractivity contribution < 1.29 is 84.2 Å². The number of nitrogens with one attached hydrogen (secondary N) is 8. The summed E-state index contributed by atoms with van der Waals surface area (Å²) in [5.74, 6) is -3.29. The SMILES string of the molecule is COC(=O)c1cc([N+](=O)[O-])[nH]n1.COC(=O)c1cc([N+](=O)[O-])nn1CCNC(=O)OC(C)(C)C.NS(=O)(=O)c1cc2n(n1)CCNC2=O.Nc1c2c(cc3c1CCC3)CCC2.Nc1cc2n(n1)CCNC2=O.O=C(Nc1c2c(cc3c1CCC3)CCC2)NS(=O)(=O)c1cc2n(n1)CCNC2=O.O=C1NCCn2nc([N+](=O)[O-])cc21. The van der Waals surface area contributed by atoms with E-state index in [1.807, 2.05) is 4.72 Å². The normalized spacial score (nSPS) is 14.9. The van der Waals surface area contributed by atoms with Crippen molar-refractivity contribution in [2.24, 2.45) is 5.14 Å². The Morgan fingerprint density at radius 1 is 0.553 bits per heavy atom. The van der Waals surface area contributed by atoms with E-state index < -0.39 is 70.3 Å². The van der Waals surface area contributed by atoms with Gasteiger partial charge in [0.1, 0.15) is 28.5 Å². The molecule has 4 aliphatic carbocycles. The number of aromatic nitrogens is 12. The molecule has 2 aromatic carbocycles. The molecule has 46 nitrogen and oxygen atoms in total. The number of nitrogen functional groups attached to an aromatic ring is 2. The molecule has 6 aromatic heterocycles. The number of nitrogens with two attached hydrogens (primary N) is 3. The van der Waals surface area contributed by atoms with Gasteiger partial charge in [-0.05, 0) is 157 Å². The highest BCUT2D eigenvalue weighted by Crippen LogP contribution is 2.39. The van der Waals surface area contributed by atoms with Crippen LogP contribution in [0.5, 0.6) is 0 Å². The fourth-order valence-electron chi connectivity index (χ4n) is 13.1. The Bertz CT molecular complexity index is 5290. The van der Waals surface area contributed by atoms with E-state index in [0.29, 0.717) is 63.9 Å². The molecule has 7 amide bonds. The molecule has 0 radical (unpaired) electrons. The van der Waals surface area contributed by atoms with Crippen molar-refractivity contribution in [2.45, 2.75) is 146 Å². The lowest BCUT2D eigenvalue weighted by Gasteiger charge is -2.19. The topological polar surface area (TPSA) is 642 Å². The number of esters is 2. The Morgan fingerprint density at radius 2 is 0.991 bits per heavy atom. The number of nitro groups is 3. The van der Waals surface area contributed by atoms with Gasteiger partial charge in [-0.1, -0.05) is 17.2 Å². The van der Waals surface area contributed by atoms with Crippen LogP contribution in [-0.4, -0.2) is 191 Å². The third kappa shape index (κ3) is 20.3. The van der Waals surface area contributed by atoms with E-state index in [0.717, 1.165) is 85.0 Å². The number of anilines is 3. The smallest absolute Gasteiger partial charge is 0.407 e. The second-order valence-electron chi connectivity index (χ2n) is 27.0. The minimum Gasteiger partial charge on any atom is -0.464 e. The predicted molar refractivity (Wildman–Crippen MR) is 396 cm³/mol. The fourth-order valence-corrected chi connectivity index (χ4v) is 14.5. The van der Waals surface area contributed by atoms with Crippen molar-refractivity contribution in [1.29, 1.82) is 0 Å². The lowest BCUT2D eigenvalue weighted by atomic mass is 9.99. The number of urea groups is 1. The number of hydrogen-bond donors (Lipinski definition) is 11. The molecule has 0 bridgehead atoms. The number of benzene rings is 2. The predicted octanol–water partition coefficient (Wildman–Crippen LogP) is 1.58. The first-order valence-electron chi connectivity index (χ1n) is 35.4. The number of rotatable bonds is 12. The van der Waals surface area contributed by atoms with E-state index in [1.54, 1.807) is 31.5 Å². The Kier molecular flexibility index (Phi) is 25.8. The number of alkyl carbamates (subject to hydrolysis) is 1. The maximum Gasteiger partial charge on any atom is 0.407 e. The molecule has 0 fully saturated rings. The van der Waals surface area contributed by atoms with Gasteiger partial charge in [0.25, 0.3) is 43.7 Å². The highest BCUT2D eigenvalue weighted by molar-refractivity contribution is 7.90. The van der Waals surface area contributed by atoms with Crippen LogP contribution >= 0.6 is 0 Å². The van der Waals surface area contributed by atoms with E-state index >= 15 is 0 Å². The molecule has 0 saturated heterocycles. The highest BCUT2D eigenvalue weighted by Gasteiger charge is 2.33. The van der Waals surface area contributed by atoms with Crippen LogP contribution in [0.15, 0.2) is 58.6 Å². The van der Waals surface area contributed by atoms with E-state index in [4.69, 9.17) is 21.3 Å². The summed E-state index contributed by atoms with van der Waals surface area (Å²) < 4.78 is 69.8. The summed E-state index contributed by atoms with van der Waals surface area (Å²) in [6, 6.07) is 11.0. The summed E-state index contributed by atoms with van der Waals surface area (Å²) in [5, 5.41) is 75.5. The summed E-state index contributed by atoms with van der Waals surface area (Å²) in [6.07, 6.45) is 12.7. The standard InChI is InChI=1S/C19H21N5O4S.C12H18N4O6.C12H15N.C6H8N4O3S.C6H6N4O3.C6H8N4O.C5H5N3O4/c25-18-15-10-16(22-24(15)8-7-20-18)29(27,28)23-19(26)21-17-13-5-1-3-11(13)9-12-4-2-6-14(12)17;1-12(2,3)22-11(18)13-5-6-15-8(10(17)21-4)7-9(14-15)16(19)20;13-12-10-5-1-3-8(10)7-9-4-2-6-11(9)12;7-14(12,13)5-3-4-6(11)8-1-2-10(4)9-5;11-6-4-3-5(10(12)13)8-9(4)2-1-7-6;7-5-3-4-6(11)8-1-2-10(4)9-5;1-12-5(9)3-2-4(7-6-3)8(10)11/h9-10H,1-8H2,(H,20,25)(H2,21,23,26);7H,5-6H2,1-4H3,(H,13,18);7H,1-6,13H2;3H,1-2H2,(H,8,11)(H2,7,12,13);3H,1-2H2,(H,7,11);3H,1-2H2,(H2,7,9)(H,8,11);2H,1H3,(H,6,7). The largest absolute Gasteiger partial charge is 0.464 e. The van der Waals surface area contributed by atoms with Gasteiger partial charge >= 0.3 is 41.5 Å². The highest BCUT2D eigenvalue weighted by atomic mass is 32.2. The van der Waals surface area contributed by atoms with Gasteiger partial charge in [-0.15, -0.1) is 5.10 Å². The van der Waals surface area contributed by atoms with Gasteiger partial charge in [0.15, 0.2) is 27.1 Å². The number of sulfonamides is 2. The fraction of sp³-hybridized carbons (Fsp3) is 0.424. The minimum atomic E-state index is -4.20. The molecule has 8 aromatic rings. The van der Waals surface area contributed by atoms with Crippen LogP contribution in [0.2, 0.25) is 0 Å². The number of nitrogens with zero attached hydrogens (tertiary/aromatic N) is 14. The number of primary sulfonamides is 1. The summed E-state index contributed by atoms with van der Waals surface area (Å²) in [5.41, 5.74) is 24.6. The average Bonchev–Trinajstić information content (AvgIpc) is 1.63. The number of methoxy groups -OCH3 is 2. The molecule has 10 heterocycles. The summed E-state index contributed by atoms with van der Waals surface area (Å²) in [6.45, 7) is 9.24. The molecule has 0 spiro atoms. The maximum atomic E-state index is 12.6. The van der Waals surface area contributed by atoms with Gasteiger partial charge in [-0.25, -0.2) is 37.5 Å². The molecular formula is C66H81N25O21S2. The van der Waals surface area contributed by atoms with E-state index in [2.05, 4.69) is 89.2 Å². The molecule has 0 unspecified atom stereocenters. The van der Waals surface area contributed by atoms with Gasteiger partial charge in [-0.3, -0.25) is 33.2 Å². The van der Waals surface area contributed by atoms with Crippen LogP contribution in [-0.2, 0) is 118 Å². The molecule has 4 aliphatic heterocycles. The minimum absolute atomic E-state index is 0.0531. The maximum absolute atomic E-state index is 12.6. The second-order valence-corrected chi connectivity index (χ2v) is 30.2. The first-order chi connectivity index (χ1) is 54.0. The zero-order valence-electron chi connectivity index (χ0n) is 62.1. The summed E-state index contributed by atoms with van der Waals surface area (Å²) in [4.78, 5) is 121. The van der Waals surface area contributed by atoms with Gasteiger partial charge in [0.2, 0.25) is 0 Å². The third-order valence-electron chi connectivity index (χ3n) is 18.2. The van der Waals surface area contributed by atoms with Gasteiger partial charge in [0, 0.05) is 62.3 Å². The van der Waals surface area contributed by atoms with Gasteiger partial charge in [0.05, 0.1) is 75.3 Å². The molecule has 48 heteroatoms. The number of carbonyl (C=O) groups excluding carboxylic acids is 8. The van der Waals surface area contributed by atoms with Crippen molar-refractivity contribution in [3.63, 3.8) is 0 Å². The molecule has 114 heavy (non-hydrogen) atoms. The Hall–Kier alpha value is -13.3. The molecule has 0 saturated carbocycles. The number of carbonyl (C=O) groups is 8. The third-order valence-corrected chi connectivity index (χ3v) is 20.1. The molecule has 608 valence electrons. The van der Waals surface area contributed by atoms with Crippen molar-refractivity contribution in [2.75, 3.05) is 63.7 Å².